The number of aromatic nitrogens is 1. The SMILES string of the molecule is O=C(C[n+]1ccc(C(=O)NCCCO)cc1)c1ccccc1. The summed E-state index contributed by atoms with van der Waals surface area (Å²) in [4.78, 5) is 23.9. The highest BCUT2D eigenvalue weighted by Gasteiger charge is 2.13. The zero-order chi connectivity index (χ0) is 15.8. The number of pyridine rings is 1. The van der Waals surface area contributed by atoms with Crippen molar-refractivity contribution in [1.29, 1.82) is 0 Å². The summed E-state index contributed by atoms with van der Waals surface area (Å²) in [5, 5.41) is 11.4. The molecule has 0 saturated carbocycles. The highest BCUT2D eigenvalue weighted by atomic mass is 16.3. The van der Waals surface area contributed by atoms with Gasteiger partial charge in [0.15, 0.2) is 12.4 Å². The molecule has 0 saturated heterocycles. The number of nitrogens with one attached hydrogen (secondary N) is 1. The molecule has 114 valence electrons. The van der Waals surface area contributed by atoms with Crippen molar-refractivity contribution in [1.82, 2.24) is 5.32 Å². The van der Waals surface area contributed by atoms with E-state index < -0.39 is 0 Å². The minimum absolute atomic E-state index is 0.0192. The number of nitrogens with zero attached hydrogens (tertiary/aromatic N) is 1. The monoisotopic (exact) mass is 299 g/mol. The summed E-state index contributed by atoms with van der Waals surface area (Å²) in [6.45, 7) is 0.726. The van der Waals surface area contributed by atoms with Crippen molar-refractivity contribution in [2.24, 2.45) is 0 Å². The second kappa shape index (κ2) is 8.05. The van der Waals surface area contributed by atoms with E-state index in [2.05, 4.69) is 5.32 Å². The molecule has 2 N–H and O–H groups in total. The van der Waals surface area contributed by atoms with Gasteiger partial charge in [-0.05, 0) is 6.42 Å². The van der Waals surface area contributed by atoms with Crippen molar-refractivity contribution < 1.29 is 19.3 Å². The quantitative estimate of drug-likeness (QED) is 0.455. The number of aliphatic hydroxyl groups is 1. The molecule has 0 spiro atoms. The van der Waals surface area contributed by atoms with E-state index in [1.54, 1.807) is 41.2 Å². The fourth-order valence-electron chi connectivity index (χ4n) is 1.98. The Hall–Kier alpha value is -2.53. The summed E-state index contributed by atoms with van der Waals surface area (Å²) < 4.78 is 1.74. The Morgan fingerprint density at radius 2 is 1.68 bits per heavy atom. The Morgan fingerprint density at radius 1 is 1.00 bits per heavy atom. The third-order valence-corrected chi connectivity index (χ3v) is 3.20. The van der Waals surface area contributed by atoms with Gasteiger partial charge in [-0.3, -0.25) is 9.59 Å². The lowest BCUT2D eigenvalue weighted by Crippen LogP contribution is -2.37. The van der Waals surface area contributed by atoms with Crippen molar-refractivity contribution in [3.8, 4) is 0 Å². The smallest absolute Gasteiger partial charge is 0.251 e. The van der Waals surface area contributed by atoms with E-state index in [9.17, 15) is 9.59 Å². The number of rotatable bonds is 7. The summed E-state index contributed by atoms with van der Waals surface area (Å²) in [5.74, 6) is -0.166. The molecule has 2 aromatic rings. The molecule has 0 aliphatic rings. The van der Waals surface area contributed by atoms with Crippen LogP contribution in [0.2, 0.25) is 0 Å². The molecule has 5 heteroatoms. The van der Waals surface area contributed by atoms with Crippen LogP contribution >= 0.6 is 0 Å². The molecule has 5 nitrogen and oxygen atoms in total. The van der Waals surface area contributed by atoms with E-state index >= 15 is 0 Å². The number of carbonyl (C=O) groups is 2. The number of Topliss-reactive ketones (excluding diaryl/α,β-unsaturated/α-hetero) is 1. The summed E-state index contributed by atoms with van der Waals surface area (Å²) in [6.07, 6.45) is 3.95. The van der Waals surface area contributed by atoms with Gasteiger partial charge in [0.2, 0.25) is 12.3 Å². The van der Waals surface area contributed by atoms with Crippen LogP contribution in [0.4, 0.5) is 0 Å². The topological polar surface area (TPSA) is 70.3 Å². The zero-order valence-electron chi connectivity index (χ0n) is 12.2. The Morgan fingerprint density at radius 3 is 2.32 bits per heavy atom. The predicted octanol–water partition coefficient (Wildman–Crippen LogP) is 0.969. The van der Waals surface area contributed by atoms with Crippen molar-refractivity contribution in [2.75, 3.05) is 13.2 Å². The predicted molar refractivity (Wildman–Crippen MR) is 81.4 cm³/mol. The number of benzene rings is 1. The number of aliphatic hydroxyl groups excluding tert-OH is 1. The highest BCUT2D eigenvalue weighted by Crippen LogP contribution is 2.00. The lowest BCUT2D eigenvalue weighted by molar-refractivity contribution is -0.683. The molecule has 0 radical (unpaired) electrons. The number of hydrogen-bond donors (Lipinski definition) is 2. The first kappa shape index (κ1) is 15.9. The maximum atomic E-state index is 12.1. The molecule has 22 heavy (non-hydrogen) atoms. The second-order valence-corrected chi connectivity index (χ2v) is 4.88. The molecule has 0 fully saturated rings. The maximum Gasteiger partial charge on any atom is 0.251 e. The van der Waals surface area contributed by atoms with Crippen LogP contribution in [0.3, 0.4) is 0 Å². The van der Waals surface area contributed by atoms with Gasteiger partial charge in [0, 0.05) is 30.8 Å². The van der Waals surface area contributed by atoms with E-state index in [0.717, 1.165) is 0 Å². The average molecular weight is 299 g/mol. The van der Waals surface area contributed by atoms with Gasteiger partial charge < -0.3 is 10.4 Å². The highest BCUT2D eigenvalue weighted by molar-refractivity contribution is 5.95. The van der Waals surface area contributed by atoms with Crippen molar-refractivity contribution >= 4 is 11.7 Å². The Balaban J connectivity index is 1.94. The molecule has 0 bridgehead atoms. The molecular weight excluding hydrogens is 280 g/mol. The Kier molecular flexibility index (Phi) is 5.80. The van der Waals surface area contributed by atoms with E-state index in [4.69, 9.17) is 5.11 Å². The number of hydrogen-bond acceptors (Lipinski definition) is 3. The van der Waals surface area contributed by atoms with Crippen LogP contribution in [0.1, 0.15) is 27.1 Å². The molecular formula is C17H19N2O3+. The van der Waals surface area contributed by atoms with E-state index in [1.165, 1.54) is 0 Å². The van der Waals surface area contributed by atoms with Crippen LogP contribution in [0.25, 0.3) is 0 Å². The van der Waals surface area contributed by atoms with Gasteiger partial charge in [0.25, 0.3) is 5.91 Å². The summed E-state index contributed by atoms with van der Waals surface area (Å²) >= 11 is 0. The number of amides is 1. The Bertz CT molecular complexity index is 624. The zero-order valence-corrected chi connectivity index (χ0v) is 12.2. The third-order valence-electron chi connectivity index (χ3n) is 3.20. The maximum absolute atomic E-state index is 12.1. The van der Waals surface area contributed by atoms with Crippen LogP contribution in [0.5, 0.6) is 0 Å². The summed E-state index contributed by atoms with van der Waals surface area (Å²) in [5.41, 5.74) is 1.20. The molecule has 0 unspecified atom stereocenters. The molecule has 1 amide bonds. The normalized spacial score (nSPS) is 10.2. The first-order valence-corrected chi connectivity index (χ1v) is 7.17. The van der Waals surface area contributed by atoms with Gasteiger partial charge in [0.1, 0.15) is 0 Å². The van der Waals surface area contributed by atoms with E-state index in [-0.39, 0.29) is 24.8 Å². The van der Waals surface area contributed by atoms with Gasteiger partial charge in [0.05, 0.1) is 5.56 Å². The molecule has 1 aromatic carbocycles. The fraction of sp³-hybridized carbons (Fsp3) is 0.235. The molecule has 0 atom stereocenters. The van der Waals surface area contributed by atoms with E-state index in [1.807, 2.05) is 18.2 Å². The first-order chi connectivity index (χ1) is 10.7. The molecule has 1 aromatic heterocycles. The van der Waals surface area contributed by atoms with Crippen LogP contribution < -0.4 is 9.88 Å². The summed E-state index contributed by atoms with van der Waals surface area (Å²) in [6, 6.07) is 12.4. The van der Waals surface area contributed by atoms with Gasteiger partial charge >= 0.3 is 0 Å². The summed E-state index contributed by atoms with van der Waals surface area (Å²) in [7, 11) is 0. The average Bonchev–Trinajstić information content (AvgIpc) is 2.56. The molecule has 0 aliphatic heterocycles. The standard InChI is InChI=1S/C17H18N2O3/c20-12-4-9-18-17(22)15-7-10-19(11-8-15)13-16(21)14-5-2-1-3-6-14/h1-3,5-8,10-11,20H,4,9,12-13H2/p+1. The van der Waals surface area contributed by atoms with Gasteiger partial charge in [-0.25, -0.2) is 0 Å². The molecule has 2 rings (SSSR count). The first-order valence-electron chi connectivity index (χ1n) is 7.17. The van der Waals surface area contributed by atoms with E-state index in [0.29, 0.717) is 24.1 Å². The van der Waals surface area contributed by atoms with Crippen LogP contribution in [0, 0.1) is 0 Å². The minimum atomic E-state index is -0.185. The van der Waals surface area contributed by atoms with Gasteiger partial charge in [-0.2, -0.15) is 4.57 Å². The van der Waals surface area contributed by atoms with Crippen molar-refractivity contribution in [3.63, 3.8) is 0 Å². The van der Waals surface area contributed by atoms with Crippen LogP contribution in [0.15, 0.2) is 54.9 Å². The molecule has 1 heterocycles. The Labute approximate surface area is 129 Å². The van der Waals surface area contributed by atoms with Crippen LogP contribution in [-0.4, -0.2) is 29.9 Å². The lowest BCUT2D eigenvalue weighted by atomic mass is 10.1. The molecule has 0 aliphatic carbocycles. The second-order valence-electron chi connectivity index (χ2n) is 4.88. The lowest BCUT2D eigenvalue weighted by Gasteiger charge is -2.03. The van der Waals surface area contributed by atoms with Crippen LogP contribution in [-0.2, 0) is 6.54 Å². The number of carbonyl (C=O) groups excluding carboxylic acids is 2. The largest absolute Gasteiger partial charge is 0.396 e. The van der Waals surface area contributed by atoms with Crippen molar-refractivity contribution in [3.05, 3.63) is 66.0 Å². The minimum Gasteiger partial charge on any atom is -0.396 e. The van der Waals surface area contributed by atoms with Gasteiger partial charge in [-0.1, -0.05) is 30.3 Å². The fourth-order valence-corrected chi connectivity index (χ4v) is 1.98. The number of ketones is 1. The van der Waals surface area contributed by atoms with Crippen molar-refractivity contribution in [2.45, 2.75) is 13.0 Å². The third kappa shape index (κ3) is 4.49. The van der Waals surface area contributed by atoms with Gasteiger partial charge in [-0.15, -0.1) is 0 Å².